The monoisotopic (exact) mass is 256 g/mol. The lowest BCUT2D eigenvalue weighted by molar-refractivity contribution is -0.109. The molecule has 0 aromatic heterocycles. The highest BCUT2D eigenvalue weighted by atomic mass is 32.2. The molecule has 7 heteroatoms. The minimum atomic E-state index is -3.57. The molecule has 0 spiro atoms. The van der Waals surface area contributed by atoms with Crippen molar-refractivity contribution in [3.63, 3.8) is 0 Å². The second-order valence-corrected chi connectivity index (χ2v) is 5.53. The third kappa shape index (κ3) is 2.63. The predicted octanol–water partition coefficient (Wildman–Crippen LogP) is -0.390. The minimum Gasteiger partial charge on any atom is -0.508 e. The summed E-state index contributed by atoms with van der Waals surface area (Å²) in [4.78, 5) is 10.6. The summed E-state index contributed by atoms with van der Waals surface area (Å²) in [5, 5.41) is 9.11. The molecule has 0 aliphatic carbocycles. The first kappa shape index (κ1) is 12.0. The molecule has 0 radical (unpaired) electrons. The van der Waals surface area contributed by atoms with Crippen molar-refractivity contribution in [2.75, 3.05) is 6.54 Å². The minimum absolute atomic E-state index is 0.127. The zero-order chi connectivity index (χ0) is 12.5. The van der Waals surface area contributed by atoms with Crippen molar-refractivity contribution in [1.82, 2.24) is 9.03 Å². The second-order valence-electron chi connectivity index (χ2n) is 3.82. The van der Waals surface area contributed by atoms with Crippen LogP contribution in [0, 0.1) is 0 Å². The third-order valence-corrected chi connectivity index (χ3v) is 4.06. The number of carbonyl (C=O) groups is 1. The Kier molecular flexibility index (Phi) is 3.14. The maximum Gasteiger partial charge on any atom is 0.280 e. The van der Waals surface area contributed by atoms with Crippen LogP contribution >= 0.6 is 0 Å². The number of carbonyl (C=O) groups excluding carboxylic acids is 1. The lowest BCUT2D eigenvalue weighted by Gasteiger charge is -2.12. The first-order chi connectivity index (χ1) is 8.01. The molecule has 0 amide bonds. The lowest BCUT2D eigenvalue weighted by atomic mass is 10.2. The molecule has 0 saturated carbocycles. The van der Waals surface area contributed by atoms with E-state index >= 15 is 0 Å². The molecule has 0 bridgehead atoms. The first-order valence-corrected chi connectivity index (χ1v) is 6.46. The number of hydrogen-bond acceptors (Lipinski definition) is 4. The highest BCUT2D eigenvalue weighted by molar-refractivity contribution is 7.87. The SMILES string of the molecule is O=CC1CN(Cc2ccc(O)cc2)S(=O)(=O)N1. The van der Waals surface area contributed by atoms with Gasteiger partial charge in [0.15, 0.2) is 0 Å². The smallest absolute Gasteiger partial charge is 0.280 e. The molecule has 1 aromatic carbocycles. The van der Waals surface area contributed by atoms with Gasteiger partial charge in [0.05, 0.1) is 6.04 Å². The van der Waals surface area contributed by atoms with E-state index in [2.05, 4.69) is 4.72 Å². The number of phenolic OH excluding ortho intramolecular Hbond substituents is 1. The fourth-order valence-corrected chi connectivity index (χ4v) is 2.98. The topological polar surface area (TPSA) is 86.7 Å². The summed E-state index contributed by atoms with van der Waals surface area (Å²) < 4.78 is 26.7. The van der Waals surface area contributed by atoms with Gasteiger partial charge in [0, 0.05) is 13.1 Å². The van der Waals surface area contributed by atoms with Crippen LogP contribution in [-0.2, 0) is 21.5 Å². The summed E-state index contributed by atoms with van der Waals surface area (Å²) in [6, 6.07) is 5.57. The van der Waals surface area contributed by atoms with Gasteiger partial charge in [0.2, 0.25) is 0 Å². The maximum absolute atomic E-state index is 11.6. The van der Waals surface area contributed by atoms with E-state index in [4.69, 9.17) is 5.11 Å². The van der Waals surface area contributed by atoms with Crippen molar-refractivity contribution in [3.05, 3.63) is 29.8 Å². The molecule has 1 fully saturated rings. The number of aromatic hydroxyl groups is 1. The Bertz CT molecular complexity index is 512. The summed E-state index contributed by atoms with van der Waals surface area (Å²) in [5.41, 5.74) is 0.750. The number of nitrogens with one attached hydrogen (secondary N) is 1. The molecular formula is C10H12N2O4S. The van der Waals surface area contributed by atoms with Crippen molar-refractivity contribution in [2.24, 2.45) is 0 Å². The lowest BCUT2D eigenvalue weighted by Crippen LogP contribution is -2.30. The van der Waals surface area contributed by atoms with Crippen molar-refractivity contribution in [3.8, 4) is 5.75 Å². The average molecular weight is 256 g/mol. The third-order valence-electron chi connectivity index (χ3n) is 2.50. The summed E-state index contributed by atoms with van der Waals surface area (Å²) in [6.07, 6.45) is 0.578. The molecule has 1 aliphatic heterocycles. The molecule has 1 saturated heterocycles. The normalized spacial score (nSPS) is 23.6. The number of nitrogens with zero attached hydrogens (tertiary/aromatic N) is 1. The Hall–Kier alpha value is -1.44. The van der Waals surface area contributed by atoms with Crippen LogP contribution in [0.15, 0.2) is 24.3 Å². The summed E-state index contributed by atoms with van der Waals surface area (Å²) in [7, 11) is -3.57. The molecule has 1 atom stereocenters. The van der Waals surface area contributed by atoms with Crippen molar-refractivity contribution in [2.45, 2.75) is 12.6 Å². The standard InChI is InChI=1S/C10H12N2O4S/c13-7-9-6-12(17(15,16)11-9)5-8-1-3-10(14)4-2-8/h1-4,7,9,11,14H,5-6H2. The van der Waals surface area contributed by atoms with Crippen LogP contribution in [0.25, 0.3) is 0 Å². The Morgan fingerprint density at radius 2 is 2.06 bits per heavy atom. The zero-order valence-corrected chi connectivity index (χ0v) is 9.72. The van der Waals surface area contributed by atoms with Gasteiger partial charge in [-0.2, -0.15) is 17.4 Å². The number of phenols is 1. The van der Waals surface area contributed by atoms with Gasteiger partial charge in [-0.05, 0) is 17.7 Å². The molecule has 6 nitrogen and oxygen atoms in total. The van der Waals surface area contributed by atoms with E-state index in [0.717, 1.165) is 5.56 Å². The zero-order valence-electron chi connectivity index (χ0n) is 8.91. The second kappa shape index (κ2) is 4.44. The van der Waals surface area contributed by atoms with Crippen LogP contribution in [0.4, 0.5) is 0 Å². The molecule has 1 aliphatic rings. The van der Waals surface area contributed by atoms with Crippen molar-refractivity contribution in [1.29, 1.82) is 0 Å². The van der Waals surface area contributed by atoms with Crippen LogP contribution < -0.4 is 4.72 Å². The molecule has 2 N–H and O–H groups in total. The summed E-state index contributed by atoms with van der Waals surface area (Å²) >= 11 is 0. The molecule has 1 aromatic rings. The molecule has 17 heavy (non-hydrogen) atoms. The Morgan fingerprint density at radius 3 is 2.59 bits per heavy atom. The largest absolute Gasteiger partial charge is 0.508 e. The van der Waals surface area contributed by atoms with Gasteiger partial charge in [-0.1, -0.05) is 12.1 Å². The van der Waals surface area contributed by atoms with E-state index in [1.165, 1.54) is 16.4 Å². The number of hydrogen-bond donors (Lipinski definition) is 2. The average Bonchev–Trinajstić information content (AvgIpc) is 2.57. The Labute approximate surface area is 99.0 Å². The highest BCUT2D eigenvalue weighted by Gasteiger charge is 2.34. The van der Waals surface area contributed by atoms with Gasteiger partial charge in [-0.15, -0.1) is 0 Å². The fourth-order valence-electron chi connectivity index (χ4n) is 1.65. The fraction of sp³-hybridized carbons (Fsp3) is 0.300. The van der Waals surface area contributed by atoms with Crippen LogP contribution in [0.2, 0.25) is 0 Å². The molecular weight excluding hydrogens is 244 g/mol. The van der Waals surface area contributed by atoms with E-state index in [-0.39, 0.29) is 18.8 Å². The summed E-state index contributed by atoms with van der Waals surface area (Å²) in [6.45, 7) is 0.312. The van der Waals surface area contributed by atoms with Gasteiger partial charge >= 0.3 is 0 Å². The molecule has 2 rings (SSSR count). The number of rotatable bonds is 3. The van der Waals surface area contributed by atoms with Gasteiger partial charge in [0.25, 0.3) is 10.2 Å². The Balaban J connectivity index is 2.14. The first-order valence-electron chi connectivity index (χ1n) is 5.02. The van der Waals surface area contributed by atoms with E-state index in [9.17, 15) is 13.2 Å². The van der Waals surface area contributed by atoms with Crippen LogP contribution in [0.3, 0.4) is 0 Å². The maximum atomic E-state index is 11.6. The predicted molar refractivity (Wildman–Crippen MR) is 60.4 cm³/mol. The van der Waals surface area contributed by atoms with Gasteiger partial charge in [0.1, 0.15) is 12.0 Å². The van der Waals surface area contributed by atoms with Crippen LogP contribution in [0.5, 0.6) is 5.75 Å². The van der Waals surface area contributed by atoms with Crippen molar-refractivity contribution >= 4 is 16.5 Å². The van der Waals surface area contributed by atoms with Crippen LogP contribution in [0.1, 0.15) is 5.56 Å². The number of benzene rings is 1. The van der Waals surface area contributed by atoms with Gasteiger partial charge in [-0.25, -0.2) is 0 Å². The molecule has 1 unspecified atom stereocenters. The molecule has 92 valence electrons. The number of aldehydes is 1. The van der Waals surface area contributed by atoms with Crippen molar-refractivity contribution < 1.29 is 18.3 Å². The van der Waals surface area contributed by atoms with Gasteiger partial charge < -0.3 is 9.90 Å². The Morgan fingerprint density at radius 1 is 1.41 bits per heavy atom. The van der Waals surface area contributed by atoms with E-state index in [1.54, 1.807) is 12.1 Å². The quantitative estimate of drug-likeness (QED) is 0.721. The van der Waals surface area contributed by atoms with E-state index in [0.29, 0.717) is 6.29 Å². The van der Waals surface area contributed by atoms with E-state index in [1.807, 2.05) is 0 Å². The van der Waals surface area contributed by atoms with Gasteiger partial charge in [-0.3, -0.25) is 0 Å². The summed E-state index contributed by atoms with van der Waals surface area (Å²) in [5.74, 6) is 0.127. The highest BCUT2D eigenvalue weighted by Crippen LogP contribution is 2.16. The molecule has 1 heterocycles. The van der Waals surface area contributed by atoms with E-state index < -0.39 is 16.3 Å². The van der Waals surface area contributed by atoms with Crippen LogP contribution in [-0.4, -0.2) is 36.7 Å².